The van der Waals surface area contributed by atoms with Gasteiger partial charge in [-0.1, -0.05) is 12.2 Å². The molecule has 1 aromatic heterocycles. The summed E-state index contributed by atoms with van der Waals surface area (Å²) in [4.78, 5) is 0.194. The van der Waals surface area contributed by atoms with Gasteiger partial charge in [0.25, 0.3) is 0 Å². The van der Waals surface area contributed by atoms with Crippen LogP contribution in [0.5, 0.6) is 0 Å². The van der Waals surface area contributed by atoms with Crippen LogP contribution in [-0.2, 0) is 10.0 Å². The summed E-state index contributed by atoms with van der Waals surface area (Å²) in [6, 6.07) is 0.126. The minimum Gasteiger partial charge on any atom is -0.269 e. The van der Waals surface area contributed by atoms with Gasteiger partial charge in [0.15, 0.2) is 0 Å². The first kappa shape index (κ1) is 14.7. The monoisotopic (exact) mass is 269 g/mol. The van der Waals surface area contributed by atoms with Crippen LogP contribution in [0.4, 0.5) is 0 Å². The first-order valence-electron chi connectivity index (χ1n) is 5.69. The van der Waals surface area contributed by atoms with Gasteiger partial charge in [0.1, 0.15) is 4.90 Å². The molecule has 100 valence electrons. The molecule has 0 aliphatic rings. The number of aromatic nitrogens is 2. The van der Waals surface area contributed by atoms with Crippen molar-refractivity contribution in [3.63, 3.8) is 0 Å². The van der Waals surface area contributed by atoms with Gasteiger partial charge in [0, 0.05) is 25.3 Å². The van der Waals surface area contributed by atoms with E-state index in [9.17, 15) is 8.42 Å². The summed E-state index contributed by atoms with van der Waals surface area (Å²) in [6.07, 6.45) is 6.01. The number of sulfonamides is 1. The van der Waals surface area contributed by atoms with E-state index >= 15 is 0 Å². The van der Waals surface area contributed by atoms with Crippen LogP contribution in [0.3, 0.4) is 0 Å². The van der Waals surface area contributed by atoms with Crippen molar-refractivity contribution in [2.24, 2.45) is 0 Å². The number of hydrogen-bond donors (Lipinski definition) is 0. The number of hydrogen-bond acceptors (Lipinski definition) is 3. The standard InChI is InChI=1S/C12H19N3O2S/c1-5-7-14(8-6-2)18(16,17)12-9-13-15(10-12)11(3)4/h5-6,9-11H,1-2,7-8H2,3-4H3. The van der Waals surface area contributed by atoms with Crippen LogP contribution in [0.15, 0.2) is 42.6 Å². The highest BCUT2D eigenvalue weighted by molar-refractivity contribution is 7.89. The molecule has 0 aromatic carbocycles. The van der Waals surface area contributed by atoms with Gasteiger partial charge in [-0.15, -0.1) is 13.2 Å². The maximum Gasteiger partial charge on any atom is 0.246 e. The van der Waals surface area contributed by atoms with Gasteiger partial charge >= 0.3 is 0 Å². The summed E-state index contributed by atoms with van der Waals surface area (Å²) in [7, 11) is -3.53. The summed E-state index contributed by atoms with van der Waals surface area (Å²) in [6.45, 7) is 11.5. The number of nitrogens with zero attached hydrogens (tertiary/aromatic N) is 3. The van der Waals surface area contributed by atoms with Crippen molar-refractivity contribution in [1.82, 2.24) is 14.1 Å². The highest BCUT2D eigenvalue weighted by Gasteiger charge is 2.24. The van der Waals surface area contributed by atoms with E-state index in [2.05, 4.69) is 18.3 Å². The molecule has 1 rings (SSSR count). The van der Waals surface area contributed by atoms with Gasteiger partial charge in [-0.3, -0.25) is 4.68 Å². The molecule has 0 radical (unpaired) electrons. The Morgan fingerprint density at radius 2 is 1.94 bits per heavy atom. The van der Waals surface area contributed by atoms with Crippen molar-refractivity contribution >= 4 is 10.0 Å². The highest BCUT2D eigenvalue weighted by atomic mass is 32.2. The molecule has 0 amide bonds. The third kappa shape index (κ3) is 3.08. The van der Waals surface area contributed by atoms with Crippen molar-refractivity contribution in [2.75, 3.05) is 13.1 Å². The Balaban J connectivity index is 3.09. The summed E-state index contributed by atoms with van der Waals surface area (Å²) in [5.41, 5.74) is 0. The fourth-order valence-electron chi connectivity index (χ4n) is 1.44. The smallest absolute Gasteiger partial charge is 0.246 e. The van der Waals surface area contributed by atoms with Crippen molar-refractivity contribution in [3.05, 3.63) is 37.7 Å². The second-order valence-electron chi connectivity index (χ2n) is 4.15. The lowest BCUT2D eigenvalue weighted by atomic mass is 10.4. The highest BCUT2D eigenvalue weighted by Crippen LogP contribution is 2.16. The van der Waals surface area contributed by atoms with Crippen LogP contribution in [0.25, 0.3) is 0 Å². The predicted octanol–water partition coefficient (Wildman–Crippen LogP) is 1.83. The molecule has 5 nitrogen and oxygen atoms in total. The predicted molar refractivity (Wildman–Crippen MR) is 71.8 cm³/mol. The zero-order valence-electron chi connectivity index (χ0n) is 10.8. The molecular weight excluding hydrogens is 250 g/mol. The minimum atomic E-state index is -3.53. The van der Waals surface area contributed by atoms with E-state index in [0.29, 0.717) is 0 Å². The van der Waals surface area contributed by atoms with Crippen molar-refractivity contribution in [2.45, 2.75) is 24.8 Å². The molecule has 0 N–H and O–H groups in total. The van der Waals surface area contributed by atoms with E-state index in [0.717, 1.165) is 0 Å². The quantitative estimate of drug-likeness (QED) is 0.710. The van der Waals surface area contributed by atoms with Gasteiger partial charge in [-0.2, -0.15) is 9.40 Å². The Labute approximate surface area is 108 Å². The van der Waals surface area contributed by atoms with Crippen molar-refractivity contribution in [1.29, 1.82) is 0 Å². The average molecular weight is 269 g/mol. The van der Waals surface area contributed by atoms with E-state index in [1.165, 1.54) is 10.5 Å². The van der Waals surface area contributed by atoms with E-state index in [4.69, 9.17) is 0 Å². The Morgan fingerprint density at radius 3 is 2.33 bits per heavy atom. The van der Waals surface area contributed by atoms with Crippen molar-refractivity contribution in [3.8, 4) is 0 Å². The Kier molecular flexibility index (Phi) is 4.86. The Bertz CT molecular complexity index is 507. The zero-order valence-corrected chi connectivity index (χ0v) is 11.6. The molecule has 0 unspecified atom stereocenters. The molecule has 0 fully saturated rings. The van der Waals surface area contributed by atoms with E-state index in [-0.39, 0.29) is 24.0 Å². The van der Waals surface area contributed by atoms with Gasteiger partial charge in [0.05, 0.1) is 6.20 Å². The maximum absolute atomic E-state index is 12.3. The first-order valence-corrected chi connectivity index (χ1v) is 7.13. The summed E-state index contributed by atoms with van der Waals surface area (Å²) in [5.74, 6) is 0. The van der Waals surface area contributed by atoms with Crippen LogP contribution >= 0.6 is 0 Å². The van der Waals surface area contributed by atoms with E-state index < -0.39 is 10.0 Å². The van der Waals surface area contributed by atoms with Gasteiger partial charge in [0.2, 0.25) is 10.0 Å². The second kappa shape index (κ2) is 5.97. The molecule has 1 aromatic rings. The van der Waals surface area contributed by atoms with Gasteiger partial charge in [-0.05, 0) is 13.8 Å². The third-order valence-corrected chi connectivity index (χ3v) is 4.19. The summed E-state index contributed by atoms with van der Waals surface area (Å²) < 4.78 is 27.6. The average Bonchev–Trinajstić information content (AvgIpc) is 2.78. The lowest BCUT2D eigenvalue weighted by molar-refractivity contribution is 0.473. The molecule has 0 saturated carbocycles. The number of rotatable bonds is 7. The Hall–Kier alpha value is -1.40. The molecule has 1 heterocycles. The SMILES string of the molecule is C=CCN(CC=C)S(=O)(=O)c1cnn(C(C)C)c1. The molecule has 0 bridgehead atoms. The molecule has 0 atom stereocenters. The third-order valence-electron chi connectivity index (χ3n) is 2.41. The van der Waals surface area contributed by atoms with Crippen molar-refractivity contribution < 1.29 is 8.42 Å². The van der Waals surface area contributed by atoms with Crippen LogP contribution in [0.1, 0.15) is 19.9 Å². The Morgan fingerprint density at radius 1 is 1.39 bits per heavy atom. The lowest BCUT2D eigenvalue weighted by Crippen LogP contribution is -2.31. The van der Waals surface area contributed by atoms with Gasteiger partial charge in [-0.25, -0.2) is 8.42 Å². The molecule has 0 spiro atoms. The van der Waals surface area contributed by atoms with Crippen LogP contribution in [0, 0.1) is 0 Å². The fraction of sp³-hybridized carbons (Fsp3) is 0.417. The molecule has 0 aliphatic carbocycles. The summed E-state index contributed by atoms with van der Waals surface area (Å²) in [5, 5.41) is 4.04. The normalized spacial score (nSPS) is 12.0. The maximum atomic E-state index is 12.3. The molecule has 0 saturated heterocycles. The largest absolute Gasteiger partial charge is 0.269 e. The van der Waals surface area contributed by atoms with Crippen LogP contribution < -0.4 is 0 Å². The minimum absolute atomic E-state index is 0.126. The van der Waals surface area contributed by atoms with Crippen LogP contribution in [0.2, 0.25) is 0 Å². The zero-order chi connectivity index (χ0) is 13.8. The molecule has 18 heavy (non-hydrogen) atoms. The first-order chi connectivity index (χ1) is 8.43. The molecule has 0 aliphatic heterocycles. The molecular formula is C12H19N3O2S. The lowest BCUT2D eigenvalue weighted by Gasteiger charge is -2.17. The second-order valence-corrected chi connectivity index (χ2v) is 6.09. The van der Waals surface area contributed by atoms with Gasteiger partial charge < -0.3 is 0 Å². The van der Waals surface area contributed by atoms with E-state index in [1.807, 2.05) is 13.8 Å². The van der Waals surface area contributed by atoms with Crippen LogP contribution in [-0.4, -0.2) is 35.6 Å². The fourth-order valence-corrected chi connectivity index (χ4v) is 2.77. The topological polar surface area (TPSA) is 55.2 Å². The van der Waals surface area contributed by atoms with E-state index in [1.54, 1.807) is 23.0 Å². The molecule has 6 heteroatoms. The summed E-state index contributed by atoms with van der Waals surface area (Å²) >= 11 is 0.